The van der Waals surface area contributed by atoms with Crippen molar-refractivity contribution in [1.82, 2.24) is 10.2 Å². The van der Waals surface area contributed by atoms with Gasteiger partial charge in [0.1, 0.15) is 6.54 Å². The van der Waals surface area contributed by atoms with E-state index in [1.165, 1.54) is 0 Å². The Morgan fingerprint density at radius 1 is 1.35 bits per heavy atom. The fraction of sp³-hybridized carbons (Fsp3) is 0.900. The molecule has 0 spiro atoms. The van der Waals surface area contributed by atoms with Gasteiger partial charge in [-0.15, -0.1) is 0 Å². The zero-order valence-electron chi connectivity index (χ0n) is 9.59. The molecule has 17 heavy (non-hydrogen) atoms. The number of amides is 1. The molecule has 4 nitrogen and oxygen atoms in total. The normalized spacial score (nSPS) is 19.3. The second-order valence-corrected chi connectivity index (χ2v) is 4.35. The maximum Gasteiger partial charge on any atom is 0.405 e. The van der Waals surface area contributed by atoms with Gasteiger partial charge < -0.3 is 11.1 Å². The summed E-state index contributed by atoms with van der Waals surface area (Å²) in [5, 5.41) is 1.86. The van der Waals surface area contributed by atoms with Crippen molar-refractivity contribution in [2.75, 3.05) is 32.7 Å². The Balaban J connectivity index is 2.19. The first-order valence-corrected chi connectivity index (χ1v) is 5.66. The highest BCUT2D eigenvalue weighted by Gasteiger charge is 2.28. The van der Waals surface area contributed by atoms with Crippen LogP contribution in [-0.2, 0) is 4.79 Å². The molecule has 0 unspecified atom stereocenters. The first-order valence-electron chi connectivity index (χ1n) is 5.66. The molecular weight excluding hydrogens is 235 g/mol. The number of alkyl halides is 3. The summed E-state index contributed by atoms with van der Waals surface area (Å²) in [6.07, 6.45) is -2.53. The van der Waals surface area contributed by atoms with Gasteiger partial charge in [-0.3, -0.25) is 9.69 Å². The van der Waals surface area contributed by atoms with Crippen molar-refractivity contribution in [3.63, 3.8) is 0 Å². The number of piperidine rings is 1. The Labute approximate surface area is 98.3 Å². The van der Waals surface area contributed by atoms with Crippen LogP contribution in [-0.4, -0.2) is 49.7 Å². The molecule has 0 bridgehead atoms. The maximum absolute atomic E-state index is 11.8. The van der Waals surface area contributed by atoms with Gasteiger partial charge >= 0.3 is 6.18 Å². The van der Waals surface area contributed by atoms with Gasteiger partial charge in [0.25, 0.3) is 0 Å². The molecule has 1 fully saturated rings. The van der Waals surface area contributed by atoms with Crippen LogP contribution in [0, 0.1) is 5.92 Å². The van der Waals surface area contributed by atoms with Crippen molar-refractivity contribution < 1.29 is 18.0 Å². The van der Waals surface area contributed by atoms with E-state index in [2.05, 4.69) is 0 Å². The van der Waals surface area contributed by atoms with Crippen LogP contribution >= 0.6 is 0 Å². The van der Waals surface area contributed by atoms with Crippen molar-refractivity contribution in [1.29, 1.82) is 0 Å². The first-order chi connectivity index (χ1) is 7.90. The Kier molecular flexibility index (Phi) is 5.20. The average molecular weight is 253 g/mol. The predicted molar refractivity (Wildman–Crippen MR) is 57.3 cm³/mol. The molecule has 0 saturated carbocycles. The van der Waals surface area contributed by atoms with Crippen LogP contribution < -0.4 is 11.1 Å². The third kappa shape index (κ3) is 5.88. The molecule has 1 amide bonds. The number of halogens is 3. The summed E-state index contributed by atoms with van der Waals surface area (Å²) in [5.74, 6) is -0.0991. The lowest BCUT2D eigenvalue weighted by Crippen LogP contribution is -2.44. The van der Waals surface area contributed by atoms with E-state index in [1.54, 1.807) is 0 Å². The first kappa shape index (κ1) is 14.2. The van der Waals surface area contributed by atoms with Crippen molar-refractivity contribution >= 4 is 5.91 Å². The van der Waals surface area contributed by atoms with Gasteiger partial charge in [0.2, 0.25) is 5.91 Å². The average Bonchev–Trinajstić information content (AvgIpc) is 2.27. The molecule has 1 rings (SSSR count). The van der Waals surface area contributed by atoms with E-state index < -0.39 is 18.6 Å². The summed E-state index contributed by atoms with van der Waals surface area (Å²) < 4.78 is 35.5. The van der Waals surface area contributed by atoms with Crippen molar-refractivity contribution in [2.45, 2.75) is 19.0 Å². The maximum atomic E-state index is 11.8. The smallest absolute Gasteiger partial charge is 0.346 e. The summed E-state index contributed by atoms with van der Waals surface area (Å²) in [7, 11) is 0. The molecule has 1 aliphatic rings. The predicted octanol–water partition coefficient (Wildman–Crippen LogP) is 0.336. The number of carbonyl (C=O) groups excluding carboxylic acids is 1. The highest BCUT2D eigenvalue weighted by atomic mass is 19.4. The van der Waals surface area contributed by atoms with Gasteiger partial charge in [-0.25, -0.2) is 0 Å². The van der Waals surface area contributed by atoms with Crippen LogP contribution in [0.5, 0.6) is 0 Å². The second-order valence-electron chi connectivity index (χ2n) is 4.35. The van der Waals surface area contributed by atoms with E-state index in [9.17, 15) is 18.0 Å². The SMILES string of the molecule is NCC1CCN(CC(=O)NCC(F)(F)F)CC1. The van der Waals surface area contributed by atoms with Gasteiger partial charge in [0.05, 0.1) is 6.54 Å². The molecule has 100 valence electrons. The standard InChI is InChI=1S/C10H18F3N3O/c11-10(12,13)7-15-9(17)6-16-3-1-8(5-14)2-4-16/h8H,1-7,14H2,(H,15,17). The Bertz CT molecular complexity index is 250. The van der Waals surface area contributed by atoms with Gasteiger partial charge in [-0.2, -0.15) is 13.2 Å². The quantitative estimate of drug-likeness (QED) is 0.759. The summed E-state index contributed by atoms with van der Waals surface area (Å²) in [4.78, 5) is 13.1. The molecule has 3 N–H and O–H groups in total. The van der Waals surface area contributed by atoms with Gasteiger partial charge in [0.15, 0.2) is 0 Å². The molecule has 1 heterocycles. The third-order valence-corrected chi connectivity index (χ3v) is 2.89. The Morgan fingerprint density at radius 2 is 1.94 bits per heavy atom. The summed E-state index contributed by atoms with van der Waals surface area (Å²) in [6, 6.07) is 0. The van der Waals surface area contributed by atoms with E-state index in [4.69, 9.17) is 5.73 Å². The number of likely N-dealkylation sites (tertiary alicyclic amines) is 1. The number of hydrogen-bond acceptors (Lipinski definition) is 3. The molecule has 0 aromatic rings. The summed E-state index contributed by atoms with van der Waals surface area (Å²) in [5.41, 5.74) is 5.52. The zero-order valence-corrected chi connectivity index (χ0v) is 9.59. The lowest BCUT2D eigenvalue weighted by molar-refractivity contribution is -0.139. The molecule has 0 atom stereocenters. The number of hydrogen-bond donors (Lipinski definition) is 2. The van der Waals surface area contributed by atoms with Crippen molar-refractivity contribution in [2.24, 2.45) is 11.7 Å². The highest BCUT2D eigenvalue weighted by molar-refractivity contribution is 5.78. The van der Waals surface area contributed by atoms with Crippen LogP contribution in [0.1, 0.15) is 12.8 Å². The molecule has 7 heteroatoms. The minimum absolute atomic E-state index is 0.0351. The molecule has 1 aliphatic heterocycles. The van der Waals surface area contributed by atoms with Crippen LogP contribution in [0.15, 0.2) is 0 Å². The molecule has 0 aromatic carbocycles. The largest absolute Gasteiger partial charge is 0.405 e. The number of rotatable bonds is 4. The Morgan fingerprint density at radius 3 is 2.41 bits per heavy atom. The van der Waals surface area contributed by atoms with Crippen molar-refractivity contribution in [3.05, 3.63) is 0 Å². The van der Waals surface area contributed by atoms with Crippen molar-refractivity contribution in [3.8, 4) is 0 Å². The number of nitrogens with zero attached hydrogens (tertiary/aromatic N) is 1. The molecule has 0 aliphatic carbocycles. The number of carbonyl (C=O) groups is 1. The van der Waals surface area contributed by atoms with E-state index in [1.807, 2.05) is 10.2 Å². The molecule has 0 aromatic heterocycles. The van der Waals surface area contributed by atoms with Crippen LogP contribution in [0.2, 0.25) is 0 Å². The molecule has 0 radical (unpaired) electrons. The topological polar surface area (TPSA) is 58.4 Å². The second kappa shape index (κ2) is 6.20. The van der Waals surface area contributed by atoms with Gasteiger partial charge in [-0.1, -0.05) is 0 Å². The number of nitrogens with one attached hydrogen (secondary N) is 1. The summed E-state index contributed by atoms with van der Waals surface area (Å²) >= 11 is 0. The van der Waals surface area contributed by atoms with Gasteiger partial charge in [0, 0.05) is 0 Å². The fourth-order valence-corrected chi connectivity index (χ4v) is 1.84. The number of nitrogens with two attached hydrogens (primary N) is 1. The lowest BCUT2D eigenvalue weighted by atomic mass is 9.97. The lowest BCUT2D eigenvalue weighted by Gasteiger charge is -2.30. The van der Waals surface area contributed by atoms with E-state index in [0.717, 1.165) is 25.9 Å². The van der Waals surface area contributed by atoms with Crippen LogP contribution in [0.4, 0.5) is 13.2 Å². The summed E-state index contributed by atoms with van der Waals surface area (Å²) in [6.45, 7) is 0.856. The van der Waals surface area contributed by atoms with Crippen LogP contribution in [0.3, 0.4) is 0 Å². The Hall–Kier alpha value is -0.820. The van der Waals surface area contributed by atoms with E-state index in [-0.39, 0.29) is 6.54 Å². The zero-order chi connectivity index (χ0) is 12.9. The van der Waals surface area contributed by atoms with E-state index >= 15 is 0 Å². The molecular formula is C10H18F3N3O. The minimum Gasteiger partial charge on any atom is -0.346 e. The van der Waals surface area contributed by atoms with E-state index in [0.29, 0.717) is 12.5 Å². The molecule has 1 saturated heterocycles. The van der Waals surface area contributed by atoms with Gasteiger partial charge in [-0.05, 0) is 38.4 Å². The highest BCUT2D eigenvalue weighted by Crippen LogP contribution is 2.15. The minimum atomic E-state index is -4.35. The monoisotopic (exact) mass is 253 g/mol. The third-order valence-electron chi connectivity index (χ3n) is 2.89. The van der Waals surface area contributed by atoms with Crippen LogP contribution in [0.25, 0.3) is 0 Å². The fourth-order valence-electron chi connectivity index (χ4n) is 1.84.